The maximum Gasteiger partial charge on any atom is 0.231 e. The lowest BCUT2D eigenvalue weighted by molar-refractivity contribution is 0.875. The number of benzene rings is 2. The van der Waals surface area contributed by atoms with E-state index in [1.54, 1.807) is 0 Å². The molecule has 132 valence electrons. The van der Waals surface area contributed by atoms with Gasteiger partial charge in [0.05, 0.1) is 27.6 Å². The number of aromatic nitrogens is 3. The summed E-state index contributed by atoms with van der Waals surface area (Å²) in [6.45, 7) is 4.11. The number of fused-ring (bicyclic) bond motifs is 2. The molecule has 0 amide bonds. The van der Waals surface area contributed by atoms with Crippen LogP contribution in [0.1, 0.15) is 6.92 Å². The molecule has 0 saturated carbocycles. The van der Waals surface area contributed by atoms with Crippen LogP contribution >= 0.6 is 27.3 Å². The van der Waals surface area contributed by atoms with Gasteiger partial charge in [0.2, 0.25) is 5.13 Å². The maximum absolute atomic E-state index is 4.54. The molecular weight excluding hydrogens is 412 g/mol. The molecule has 0 bridgehead atoms. The molecule has 0 atom stereocenters. The van der Waals surface area contributed by atoms with Crippen LogP contribution < -0.4 is 4.90 Å². The van der Waals surface area contributed by atoms with Crippen LogP contribution in [-0.2, 0) is 0 Å². The van der Waals surface area contributed by atoms with E-state index < -0.39 is 0 Å². The lowest BCUT2D eigenvalue weighted by atomic mass is 10.2. The summed E-state index contributed by atoms with van der Waals surface area (Å²) in [7, 11) is 0. The number of anilines is 1. The van der Waals surface area contributed by atoms with Crippen molar-refractivity contribution in [2.24, 2.45) is 10.2 Å². The van der Waals surface area contributed by atoms with Crippen LogP contribution in [-0.4, -0.2) is 33.6 Å². The molecule has 2 aromatic carbocycles. The zero-order chi connectivity index (χ0) is 17.9. The summed E-state index contributed by atoms with van der Waals surface area (Å²) < 4.78 is 1.08. The molecule has 8 heteroatoms. The van der Waals surface area contributed by atoms with E-state index in [1.165, 1.54) is 17.0 Å². The van der Waals surface area contributed by atoms with E-state index >= 15 is 0 Å². The average Bonchev–Trinajstić information content (AvgIpc) is 3.28. The van der Waals surface area contributed by atoms with Crippen LogP contribution in [0.2, 0.25) is 0 Å². The van der Waals surface area contributed by atoms with E-state index in [0.717, 1.165) is 45.2 Å². The van der Waals surface area contributed by atoms with Crippen molar-refractivity contribution < 1.29 is 0 Å². The van der Waals surface area contributed by atoms with Gasteiger partial charge in [-0.2, -0.15) is 5.10 Å². The fourth-order valence-corrected chi connectivity index (χ4v) is 4.04. The first kappa shape index (κ1) is 17.1. The Balaban J connectivity index is 1.54. The monoisotopic (exact) mass is 428 g/mol. The van der Waals surface area contributed by atoms with E-state index in [0.29, 0.717) is 5.13 Å². The molecule has 0 aliphatic heterocycles. The molecule has 0 unspecified atom stereocenters. The zero-order valence-corrected chi connectivity index (χ0v) is 16.6. The highest BCUT2D eigenvalue weighted by Gasteiger charge is 2.06. The third-order valence-corrected chi connectivity index (χ3v) is 5.40. The number of aromatic amines is 1. The molecule has 2 heterocycles. The van der Waals surface area contributed by atoms with Gasteiger partial charge in [0.1, 0.15) is 0 Å². The van der Waals surface area contributed by atoms with Gasteiger partial charge >= 0.3 is 0 Å². The summed E-state index contributed by atoms with van der Waals surface area (Å²) >= 11 is 5.02. The number of alkyl halides is 1. The van der Waals surface area contributed by atoms with Crippen molar-refractivity contribution in [2.75, 3.05) is 23.3 Å². The number of H-pyrrole nitrogens is 1. The molecular formula is C18H17BrN6S. The fraction of sp³-hybridized carbons (Fsp3) is 0.222. The van der Waals surface area contributed by atoms with Gasteiger partial charge < -0.3 is 4.90 Å². The number of thiazole rings is 1. The molecule has 4 rings (SSSR count). The minimum absolute atomic E-state index is 0.652. The number of nitrogens with one attached hydrogen (secondary N) is 1. The van der Waals surface area contributed by atoms with Gasteiger partial charge in [-0.25, -0.2) is 4.98 Å². The number of hydrogen-bond acceptors (Lipinski definition) is 6. The van der Waals surface area contributed by atoms with Crippen molar-refractivity contribution in [1.82, 2.24) is 15.2 Å². The molecule has 26 heavy (non-hydrogen) atoms. The molecule has 1 N–H and O–H groups in total. The Kier molecular flexibility index (Phi) is 4.94. The van der Waals surface area contributed by atoms with Gasteiger partial charge in [0, 0.05) is 29.5 Å². The van der Waals surface area contributed by atoms with Crippen LogP contribution in [0.4, 0.5) is 16.5 Å². The Bertz CT molecular complexity index is 1000. The second-order valence-corrected chi connectivity index (χ2v) is 7.56. The van der Waals surface area contributed by atoms with Crippen molar-refractivity contribution in [3.63, 3.8) is 0 Å². The highest BCUT2D eigenvalue weighted by atomic mass is 79.9. The molecule has 0 aliphatic carbocycles. The summed E-state index contributed by atoms with van der Waals surface area (Å²) in [5, 5.41) is 18.3. The largest absolute Gasteiger partial charge is 0.371 e. The Morgan fingerprint density at radius 2 is 2.04 bits per heavy atom. The van der Waals surface area contributed by atoms with Crippen molar-refractivity contribution in [1.29, 1.82) is 0 Å². The summed E-state index contributed by atoms with van der Waals surface area (Å²) in [4.78, 5) is 6.84. The predicted octanol–water partition coefficient (Wildman–Crippen LogP) is 5.81. The summed E-state index contributed by atoms with van der Waals surface area (Å²) in [5.74, 6) is 0. The molecule has 0 spiro atoms. The maximum atomic E-state index is 4.54. The minimum atomic E-state index is 0.652. The second kappa shape index (κ2) is 7.51. The summed E-state index contributed by atoms with van der Waals surface area (Å²) in [6, 6.07) is 12.2. The summed E-state index contributed by atoms with van der Waals surface area (Å²) in [5.41, 5.74) is 3.89. The van der Waals surface area contributed by atoms with Gasteiger partial charge in [-0.1, -0.05) is 27.3 Å². The van der Waals surface area contributed by atoms with Crippen LogP contribution in [0.15, 0.2) is 52.8 Å². The number of hydrogen-bond donors (Lipinski definition) is 1. The van der Waals surface area contributed by atoms with E-state index in [4.69, 9.17) is 0 Å². The first-order chi connectivity index (χ1) is 12.8. The highest BCUT2D eigenvalue weighted by Crippen LogP contribution is 2.32. The first-order valence-electron chi connectivity index (χ1n) is 8.33. The molecule has 2 aromatic heterocycles. The summed E-state index contributed by atoms with van der Waals surface area (Å²) in [6.07, 6.45) is 1.81. The third-order valence-electron chi connectivity index (χ3n) is 4.14. The van der Waals surface area contributed by atoms with E-state index in [9.17, 15) is 0 Å². The van der Waals surface area contributed by atoms with Crippen LogP contribution in [0.3, 0.4) is 0 Å². The van der Waals surface area contributed by atoms with Gasteiger partial charge in [-0.15, -0.1) is 10.2 Å². The topological polar surface area (TPSA) is 69.5 Å². The van der Waals surface area contributed by atoms with E-state index in [-0.39, 0.29) is 0 Å². The van der Waals surface area contributed by atoms with Crippen LogP contribution in [0.25, 0.3) is 21.1 Å². The van der Waals surface area contributed by atoms with Gasteiger partial charge in [-0.05, 0) is 43.3 Å². The quantitative estimate of drug-likeness (QED) is 0.311. The highest BCUT2D eigenvalue weighted by molar-refractivity contribution is 9.09. The second-order valence-electron chi connectivity index (χ2n) is 5.76. The SMILES string of the molecule is CCN(CCBr)c1ccc(/N=N/c2nc3cc4[nH]ncc4cc3s2)cc1. The molecule has 0 aliphatic rings. The first-order valence-corrected chi connectivity index (χ1v) is 10.3. The smallest absolute Gasteiger partial charge is 0.231 e. The third kappa shape index (κ3) is 3.47. The van der Waals surface area contributed by atoms with E-state index in [1.807, 2.05) is 24.4 Å². The fourth-order valence-electron chi connectivity index (χ4n) is 2.80. The molecule has 0 radical (unpaired) electrons. The minimum Gasteiger partial charge on any atom is -0.371 e. The Labute approximate surface area is 163 Å². The van der Waals surface area contributed by atoms with Gasteiger partial charge in [-0.3, -0.25) is 5.10 Å². The number of halogens is 1. The standard InChI is InChI=1S/C18H17BrN6S/c1-2-25(8-7-19)14-5-3-13(4-6-14)22-24-18-21-16-10-15-12(11-20-23-15)9-17(16)26-18/h3-6,9-11H,2,7-8H2,1H3,(H,20,23)/b24-22+. The number of azo groups is 1. The van der Waals surface area contributed by atoms with Crippen LogP contribution in [0.5, 0.6) is 0 Å². The number of nitrogens with zero attached hydrogens (tertiary/aromatic N) is 5. The molecule has 6 nitrogen and oxygen atoms in total. The average molecular weight is 429 g/mol. The lowest BCUT2D eigenvalue weighted by Crippen LogP contribution is -2.24. The van der Waals surface area contributed by atoms with Crippen LogP contribution in [0, 0.1) is 0 Å². The Morgan fingerprint density at radius 1 is 1.19 bits per heavy atom. The molecule has 4 aromatic rings. The van der Waals surface area contributed by atoms with Gasteiger partial charge in [0.25, 0.3) is 0 Å². The molecule has 0 saturated heterocycles. The number of rotatable bonds is 6. The van der Waals surface area contributed by atoms with Crippen molar-refractivity contribution in [3.8, 4) is 0 Å². The lowest BCUT2D eigenvalue weighted by Gasteiger charge is -2.21. The normalized spacial score (nSPS) is 11.8. The Hall–Kier alpha value is -2.32. The Morgan fingerprint density at radius 3 is 2.81 bits per heavy atom. The molecule has 0 fully saturated rings. The predicted molar refractivity (Wildman–Crippen MR) is 112 cm³/mol. The van der Waals surface area contributed by atoms with Gasteiger partial charge in [0.15, 0.2) is 0 Å². The van der Waals surface area contributed by atoms with Crippen molar-refractivity contribution in [3.05, 3.63) is 42.6 Å². The van der Waals surface area contributed by atoms with Crippen molar-refractivity contribution in [2.45, 2.75) is 6.92 Å². The van der Waals surface area contributed by atoms with Crippen molar-refractivity contribution >= 4 is 64.9 Å². The zero-order valence-electron chi connectivity index (χ0n) is 14.2. The van der Waals surface area contributed by atoms with E-state index in [2.05, 4.69) is 71.4 Å².